The molecule has 1 saturated carbocycles. The Morgan fingerprint density at radius 2 is 1.58 bits per heavy atom. The molecule has 0 radical (unpaired) electrons. The van der Waals surface area contributed by atoms with E-state index in [1.807, 2.05) is 18.2 Å². The molecular weight excluding hydrogens is 388 g/mol. The molecule has 5 heteroatoms. The minimum Gasteiger partial charge on any atom is -0.321 e. The van der Waals surface area contributed by atoms with Crippen molar-refractivity contribution in [2.75, 3.05) is 10.2 Å². The van der Waals surface area contributed by atoms with Crippen LogP contribution in [0.3, 0.4) is 0 Å². The fourth-order valence-corrected chi connectivity index (χ4v) is 5.07. The van der Waals surface area contributed by atoms with Crippen molar-refractivity contribution < 1.29 is 14.4 Å². The fourth-order valence-electron chi connectivity index (χ4n) is 5.07. The topological polar surface area (TPSA) is 66.5 Å². The first-order chi connectivity index (χ1) is 15.0. The average molecular weight is 419 g/mol. The van der Waals surface area contributed by atoms with Gasteiger partial charge in [-0.2, -0.15) is 0 Å². The van der Waals surface area contributed by atoms with Gasteiger partial charge in [0.05, 0.1) is 23.1 Å². The van der Waals surface area contributed by atoms with Crippen molar-refractivity contribution in [1.82, 2.24) is 0 Å². The van der Waals surface area contributed by atoms with Crippen LogP contribution in [0.15, 0.2) is 42.5 Å². The van der Waals surface area contributed by atoms with E-state index in [1.54, 1.807) is 24.3 Å². The normalized spacial score (nSPS) is 23.1. The van der Waals surface area contributed by atoms with Gasteiger partial charge in [-0.05, 0) is 61.3 Å². The molecule has 1 aliphatic carbocycles. The Kier molecular flexibility index (Phi) is 5.94. The molecule has 4 rings (SSSR count). The second-order valence-electron chi connectivity index (χ2n) is 8.77. The standard InChI is InChI=1S/C26H30N2O3/c1-4-17-9-8-10-18(5-2)23(17)27-24(29)20-11-6-7-12-22(20)28-25(30)19-14-13-16(3)15-21(19)26(28)31/h6-12,16,19,21H,4-5,13-15H2,1-3H3,(H,27,29)/t16-,19-,21-/m0/s1. The summed E-state index contributed by atoms with van der Waals surface area (Å²) in [5.41, 5.74) is 3.71. The summed E-state index contributed by atoms with van der Waals surface area (Å²) in [6.07, 6.45) is 4.05. The highest BCUT2D eigenvalue weighted by Gasteiger charge is 2.50. The van der Waals surface area contributed by atoms with E-state index in [1.165, 1.54) is 4.90 Å². The highest BCUT2D eigenvalue weighted by Crippen LogP contribution is 2.43. The minimum atomic E-state index is -0.296. The summed E-state index contributed by atoms with van der Waals surface area (Å²) >= 11 is 0. The number of amides is 3. The number of imide groups is 1. The smallest absolute Gasteiger partial charge is 0.257 e. The molecule has 5 nitrogen and oxygen atoms in total. The molecule has 1 N–H and O–H groups in total. The molecule has 31 heavy (non-hydrogen) atoms. The van der Waals surface area contributed by atoms with E-state index in [0.29, 0.717) is 17.2 Å². The zero-order chi connectivity index (χ0) is 22.1. The first-order valence-electron chi connectivity index (χ1n) is 11.3. The van der Waals surface area contributed by atoms with Crippen LogP contribution in [-0.4, -0.2) is 17.7 Å². The molecule has 0 aromatic heterocycles. The molecule has 0 bridgehead atoms. The van der Waals surface area contributed by atoms with Crippen molar-refractivity contribution in [2.24, 2.45) is 17.8 Å². The van der Waals surface area contributed by atoms with Crippen molar-refractivity contribution >= 4 is 29.1 Å². The summed E-state index contributed by atoms with van der Waals surface area (Å²) in [6.45, 7) is 6.25. The molecule has 2 fully saturated rings. The first-order valence-corrected chi connectivity index (χ1v) is 11.3. The number of hydrogen-bond acceptors (Lipinski definition) is 3. The second-order valence-corrected chi connectivity index (χ2v) is 8.77. The molecule has 2 aliphatic rings. The minimum absolute atomic E-state index is 0.162. The Morgan fingerprint density at radius 1 is 0.935 bits per heavy atom. The highest BCUT2D eigenvalue weighted by molar-refractivity contribution is 6.24. The molecule has 0 unspecified atom stereocenters. The number of carbonyl (C=O) groups excluding carboxylic acids is 3. The van der Waals surface area contributed by atoms with Crippen LogP contribution in [-0.2, 0) is 22.4 Å². The number of aryl methyl sites for hydroxylation is 2. The number of rotatable bonds is 5. The van der Waals surface area contributed by atoms with Crippen molar-refractivity contribution in [3.05, 3.63) is 59.2 Å². The Balaban J connectivity index is 1.68. The monoisotopic (exact) mass is 418 g/mol. The Labute approximate surface area is 183 Å². The maximum absolute atomic E-state index is 13.3. The predicted octanol–water partition coefficient (Wildman–Crippen LogP) is 4.99. The molecule has 1 aliphatic heterocycles. The lowest BCUT2D eigenvalue weighted by molar-refractivity contribution is -0.122. The Hall–Kier alpha value is -2.95. The number of benzene rings is 2. The molecule has 3 amide bonds. The number of carbonyl (C=O) groups is 3. The van der Waals surface area contributed by atoms with E-state index in [9.17, 15) is 14.4 Å². The van der Waals surface area contributed by atoms with Crippen LogP contribution >= 0.6 is 0 Å². The lowest BCUT2D eigenvalue weighted by Crippen LogP contribution is -2.33. The average Bonchev–Trinajstić information content (AvgIpc) is 3.03. The zero-order valence-electron chi connectivity index (χ0n) is 18.5. The van der Waals surface area contributed by atoms with Gasteiger partial charge < -0.3 is 5.32 Å². The third-order valence-electron chi connectivity index (χ3n) is 6.81. The molecule has 3 atom stereocenters. The van der Waals surface area contributed by atoms with Crippen LogP contribution in [0, 0.1) is 17.8 Å². The van der Waals surface area contributed by atoms with Gasteiger partial charge in [-0.15, -0.1) is 0 Å². The third-order valence-corrected chi connectivity index (χ3v) is 6.81. The molecule has 162 valence electrons. The Morgan fingerprint density at radius 3 is 2.26 bits per heavy atom. The quantitative estimate of drug-likeness (QED) is 0.696. The van der Waals surface area contributed by atoms with Gasteiger partial charge in [0.25, 0.3) is 5.91 Å². The van der Waals surface area contributed by atoms with Gasteiger partial charge in [0.2, 0.25) is 11.8 Å². The van der Waals surface area contributed by atoms with E-state index < -0.39 is 0 Å². The Bertz CT molecular complexity index is 1010. The van der Waals surface area contributed by atoms with E-state index in [2.05, 4.69) is 26.1 Å². The summed E-state index contributed by atoms with van der Waals surface area (Å²) in [6, 6.07) is 13.0. The van der Waals surface area contributed by atoms with Crippen LogP contribution < -0.4 is 10.2 Å². The van der Waals surface area contributed by atoms with E-state index in [4.69, 9.17) is 0 Å². The molecule has 1 heterocycles. The SMILES string of the molecule is CCc1cccc(CC)c1NC(=O)c1ccccc1N1C(=O)[C@H]2CC[C@H](C)C[C@@H]2C1=O. The number of anilines is 2. The maximum Gasteiger partial charge on any atom is 0.257 e. The number of nitrogens with one attached hydrogen (secondary N) is 1. The largest absolute Gasteiger partial charge is 0.321 e. The lowest BCUT2D eigenvalue weighted by atomic mass is 9.76. The predicted molar refractivity (Wildman–Crippen MR) is 122 cm³/mol. The summed E-state index contributed by atoms with van der Waals surface area (Å²) < 4.78 is 0. The molecule has 0 spiro atoms. The van der Waals surface area contributed by atoms with Gasteiger partial charge in [0, 0.05) is 5.69 Å². The lowest BCUT2D eigenvalue weighted by Gasteiger charge is -2.25. The number of para-hydroxylation sites is 2. The molecule has 2 aromatic carbocycles. The maximum atomic E-state index is 13.3. The van der Waals surface area contributed by atoms with Crippen LogP contribution in [0.25, 0.3) is 0 Å². The second kappa shape index (κ2) is 8.66. The summed E-state index contributed by atoms with van der Waals surface area (Å²) in [4.78, 5) is 41.0. The van der Waals surface area contributed by atoms with E-state index in [0.717, 1.165) is 48.9 Å². The van der Waals surface area contributed by atoms with Crippen LogP contribution in [0.2, 0.25) is 0 Å². The summed E-state index contributed by atoms with van der Waals surface area (Å²) in [5.74, 6) is -0.702. The number of nitrogens with zero attached hydrogens (tertiary/aromatic N) is 1. The highest BCUT2D eigenvalue weighted by atomic mass is 16.2. The molecular formula is C26H30N2O3. The van der Waals surface area contributed by atoms with Gasteiger partial charge >= 0.3 is 0 Å². The van der Waals surface area contributed by atoms with Crippen molar-refractivity contribution in [2.45, 2.75) is 52.9 Å². The zero-order valence-corrected chi connectivity index (χ0v) is 18.5. The molecule has 2 aromatic rings. The fraction of sp³-hybridized carbons (Fsp3) is 0.423. The van der Waals surface area contributed by atoms with Crippen molar-refractivity contribution in [1.29, 1.82) is 0 Å². The van der Waals surface area contributed by atoms with Crippen LogP contribution in [0.4, 0.5) is 11.4 Å². The van der Waals surface area contributed by atoms with Gasteiger partial charge in [0.1, 0.15) is 0 Å². The van der Waals surface area contributed by atoms with Gasteiger partial charge in [0.15, 0.2) is 0 Å². The van der Waals surface area contributed by atoms with E-state index >= 15 is 0 Å². The van der Waals surface area contributed by atoms with E-state index in [-0.39, 0.29) is 29.6 Å². The van der Waals surface area contributed by atoms with Gasteiger partial charge in [-0.25, -0.2) is 4.90 Å². The van der Waals surface area contributed by atoms with Crippen LogP contribution in [0.5, 0.6) is 0 Å². The third kappa shape index (κ3) is 3.78. The van der Waals surface area contributed by atoms with Crippen molar-refractivity contribution in [3.8, 4) is 0 Å². The summed E-state index contributed by atoms with van der Waals surface area (Å²) in [7, 11) is 0. The van der Waals surface area contributed by atoms with Crippen LogP contribution in [0.1, 0.15) is 61.5 Å². The summed E-state index contributed by atoms with van der Waals surface area (Å²) in [5, 5.41) is 3.07. The number of hydrogen-bond donors (Lipinski definition) is 1. The number of fused-ring (bicyclic) bond motifs is 1. The van der Waals surface area contributed by atoms with Gasteiger partial charge in [-0.3, -0.25) is 14.4 Å². The van der Waals surface area contributed by atoms with Gasteiger partial charge in [-0.1, -0.05) is 51.1 Å². The van der Waals surface area contributed by atoms with Crippen molar-refractivity contribution in [3.63, 3.8) is 0 Å². The first kappa shape index (κ1) is 21.3. The molecule has 1 saturated heterocycles.